The van der Waals surface area contributed by atoms with Gasteiger partial charge < -0.3 is 20.1 Å². The topological polar surface area (TPSA) is 59.6 Å². The third kappa shape index (κ3) is 4.28. The lowest BCUT2D eigenvalue weighted by Crippen LogP contribution is -2.40. The molecule has 26 heavy (non-hydrogen) atoms. The molecule has 1 saturated carbocycles. The molecule has 5 nitrogen and oxygen atoms in total. The first kappa shape index (κ1) is 18.1. The molecule has 0 heterocycles. The Morgan fingerprint density at radius 2 is 1.77 bits per heavy atom. The summed E-state index contributed by atoms with van der Waals surface area (Å²) in [6.07, 6.45) is 2.30. The average Bonchev–Trinajstić information content (AvgIpc) is 3.51. The number of carbonyl (C=O) groups excluding carboxylic acids is 1. The molecule has 0 aliphatic heterocycles. The predicted octanol–water partition coefficient (Wildman–Crippen LogP) is 4.22. The minimum Gasteiger partial charge on any atom is -0.497 e. The van der Waals surface area contributed by atoms with Gasteiger partial charge in [-0.3, -0.25) is 0 Å². The van der Waals surface area contributed by atoms with Crippen molar-refractivity contribution >= 4 is 6.03 Å². The van der Waals surface area contributed by atoms with Gasteiger partial charge in [0.2, 0.25) is 0 Å². The number of rotatable bonds is 7. The summed E-state index contributed by atoms with van der Waals surface area (Å²) in [5.41, 5.74) is 2.03. The van der Waals surface area contributed by atoms with Gasteiger partial charge in [0.1, 0.15) is 11.5 Å². The highest BCUT2D eigenvalue weighted by atomic mass is 16.5. The van der Waals surface area contributed by atoms with Crippen molar-refractivity contribution in [3.05, 3.63) is 59.7 Å². The summed E-state index contributed by atoms with van der Waals surface area (Å²) in [6.45, 7) is 1.94. The molecule has 2 aromatic rings. The summed E-state index contributed by atoms with van der Waals surface area (Å²) in [5, 5.41) is 6.16. The Hall–Kier alpha value is -2.69. The Morgan fingerprint density at radius 1 is 1.04 bits per heavy atom. The molecule has 2 unspecified atom stereocenters. The van der Waals surface area contributed by atoms with Crippen molar-refractivity contribution in [3.63, 3.8) is 0 Å². The second kappa shape index (κ2) is 8.13. The SMILES string of the molecule is COc1ccc(OC)c(C(C)NC(=O)NC(c2ccccc2)C2CC2)c1. The number of benzene rings is 2. The zero-order valence-corrected chi connectivity index (χ0v) is 15.5. The molecule has 2 aromatic carbocycles. The van der Waals surface area contributed by atoms with Crippen LogP contribution in [0.3, 0.4) is 0 Å². The lowest BCUT2D eigenvalue weighted by atomic mass is 10.0. The van der Waals surface area contributed by atoms with Crippen LogP contribution in [0.1, 0.15) is 43.0 Å². The third-order valence-corrected chi connectivity index (χ3v) is 4.79. The van der Waals surface area contributed by atoms with Crippen molar-refractivity contribution < 1.29 is 14.3 Å². The quantitative estimate of drug-likeness (QED) is 0.783. The van der Waals surface area contributed by atoms with Crippen LogP contribution in [0.25, 0.3) is 0 Å². The van der Waals surface area contributed by atoms with Crippen LogP contribution in [0, 0.1) is 5.92 Å². The van der Waals surface area contributed by atoms with Crippen LogP contribution in [-0.4, -0.2) is 20.3 Å². The molecular weight excluding hydrogens is 328 g/mol. The second-order valence-corrected chi connectivity index (χ2v) is 6.67. The number of hydrogen-bond donors (Lipinski definition) is 2. The van der Waals surface area contributed by atoms with Crippen molar-refractivity contribution in [1.29, 1.82) is 0 Å². The van der Waals surface area contributed by atoms with Gasteiger partial charge in [-0.15, -0.1) is 0 Å². The normalized spacial score (nSPS) is 15.7. The highest BCUT2D eigenvalue weighted by molar-refractivity contribution is 5.75. The molecule has 2 amide bonds. The van der Waals surface area contributed by atoms with E-state index in [-0.39, 0.29) is 18.1 Å². The number of carbonyl (C=O) groups is 1. The molecule has 0 spiro atoms. The van der Waals surface area contributed by atoms with E-state index in [1.54, 1.807) is 14.2 Å². The van der Waals surface area contributed by atoms with E-state index in [0.29, 0.717) is 5.92 Å². The maximum Gasteiger partial charge on any atom is 0.315 e. The van der Waals surface area contributed by atoms with Crippen LogP contribution >= 0.6 is 0 Å². The molecule has 0 saturated heterocycles. The van der Waals surface area contributed by atoms with Crippen LogP contribution in [-0.2, 0) is 0 Å². The van der Waals surface area contributed by atoms with Crippen molar-refractivity contribution in [1.82, 2.24) is 10.6 Å². The maximum atomic E-state index is 12.6. The lowest BCUT2D eigenvalue weighted by molar-refractivity contribution is 0.232. The fourth-order valence-corrected chi connectivity index (χ4v) is 3.20. The van der Waals surface area contributed by atoms with Crippen LogP contribution in [0.15, 0.2) is 48.5 Å². The van der Waals surface area contributed by atoms with Crippen LogP contribution in [0.2, 0.25) is 0 Å². The van der Waals surface area contributed by atoms with Gasteiger partial charge in [0.15, 0.2) is 0 Å². The highest BCUT2D eigenvalue weighted by Gasteiger charge is 2.33. The summed E-state index contributed by atoms with van der Waals surface area (Å²) in [6, 6.07) is 15.4. The van der Waals surface area contributed by atoms with Crippen molar-refractivity contribution in [2.45, 2.75) is 31.8 Å². The van der Waals surface area contributed by atoms with Crippen LogP contribution in [0.5, 0.6) is 11.5 Å². The Balaban J connectivity index is 1.69. The van der Waals surface area contributed by atoms with Crippen LogP contribution < -0.4 is 20.1 Å². The van der Waals surface area contributed by atoms with Gasteiger partial charge in [-0.1, -0.05) is 30.3 Å². The van der Waals surface area contributed by atoms with E-state index in [4.69, 9.17) is 9.47 Å². The number of methoxy groups -OCH3 is 2. The molecule has 2 atom stereocenters. The zero-order chi connectivity index (χ0) is 18.5. The van der Waals surface area contributed by atoms with Gasteiger partial charge in [-0.2, -0.15) is 0 Å². The van der Waals surface area contributed by atoms with Gasteiger partial charge in [-0.25, -0.2) is 4.79 Å². The number of hydrogen-bond acceptors (Lipinski definition) is 3. The molecule has 0 bridgehead atoms. The van der Waals surface area contributed by atoms with Crippen molar-refractivity contribution in [2.75, 3.05) is 14.2 Å². The fraction of sp³-hybridized carbons (Fsp3) is 0.381. The maximum absolute atomic E-state index is 12.6. The summed E-state index contributed by atoms with van der Waals surface area (Å²) < 4.78 is 10.7. The predicted molar refractivity (Wildman–Crippen MR) is 102 cm³/mol. The first-order valence-electron chi connectivity index (χ1n) is 8.96. The Morgan fingerprint density at radius 3 is 2.38 bits per heavy atom. The van der Waals surface area contributed by atoms with Crippen molar-refractivity contribution in [3.8, 4) is 11.5 Å². The number of urea groups is 1. The van der Waals surface area contributed by atoms with E-state index < -0.39 is 0 Å². The summed E-state index contributed by atoms with van der Waals surface area (Å²) >= 11 is 0. The van der Waals surface area contributed by atoms with Crippen LogP contribution in [0.4, 0.5) is 4.79 Å². The van der Waals surface area contributed by atoms with E-state index in [9.17, 15) is 4.79 Å². The summed E-state index contributed by atoms with van der Waals surface area (Å²) in [4.78, 5) is 12.6. The Labute approximate surface area is 154 Å². The monoisotopic (exact) mass is 354 g/mol. The molecule has 1 aliphatic carbocycles. The number of ether oxygens (including phenoxy) is 2. The van der Waals surface area contributed by atoms with Gasteiger partial charge in [0.05, 0.1) is 26.3 Å². The number of nitrogens with one attached hydrogen (secondary N) is 2. The first-order valence-corrected chi connectivity index (χ1v) is 8.96. The summed E-state index contributed by atoms with van der Waals surface area (Å²) in [7, 11) is 3.24. The van der Waals surface area contributed by atoms with Crippen molar-refractivity contribution in [2.24, 2.45) is 5.92 Å². The minimum absolute atomic E-state index is 0.0515. The van der Waals surface area contributed by atoms with Gasteiger partial charge >= 0.3 is 6.03 Å². The second-order valence-electron chi connectivity index (χ2n) is 6.67. The largest absolute Gasteiger partial charge is 0.497 e. The summed E-state index contributed by atoms with van der Waals surface area (Å²) in [5.74, 6) is 1.97. The third-order valence-electron chi connectivity index (χ3n) is 4.79. The molecule has 5 heteroatoms. The smallest absolute Gasteiger partial charge is 0.315 e. The van der Waals surface area contributed by atoms with E-state index in [1.807, 2.05) is 43.3 Å². The molecule has 3 rings (SSSR count). The lowest BCUT2D eigenvalue weighted by Gasteiger charge is -2.22. The van der Waals surface area contributed by atoms with E-state index in [2.05, 4.69) is 22.8 Å². The molecule has 0 aromatic heterocycles. The highest BCUT2D eigenvalue weighted by Crippen LogP contribution is 2.41. The molecule has 1 aliphatic rings. The molecule has 0 radical (unpaired) electrons. The van der Waals surface area contributed by atoms with Gasteiger partial charge in [0.25, 0.3) is 0 Å². The minimum atomic E-state index is -0.212. The molecular formula is C21H26N2O3. The molecule has 2 N–H and O–H groups in total. The molecule has 138 valence electrons. The number of amides is 2. The van der Waals surface area contributed by atoms with Gasteiger partial charge in [-0.05, 0) is 49.4 Å². The fourth-order valence-electron chi connectivity index (χ4n) is 3.20. The standard InChI is InChI=1S/C21H26N2O3/c1-14(18-13-17(25-2)11-12-19(18)26-3)22-21(24)23-20(16-9-10-16)15-7-5-4-6-8-15/h4-8,11-14,16,20H,9-10H2,1-3H3,(H2,22,23,24). The molecule has 1 fully saturated rings. The van der Waals surface area contributed by atoms with E-state index >= 15 is 0 Å². The Kier molecular flexibility index (Phi) is 5.66. The van der Waals surface area contributed by atoms with Gasteiger partial charge in [0, 0.05) is 5.56 Å². The van der Waals surface area contributed by atoms with E-state index in [1.165, 1.54) is 0 Å². The zero-order valence-electron chi connectivity index (χ0n) is 15.5. The average molecular weight is 354 g/mol. The first-order chi connectivity index (χ1) is 12.6. The van der Waals surface area contributed by atoms with E-state index in [0.717, 1.165) is 35.5 Å². The Bertz CT molecular complexity index is 744.